The third kappa shape index (κ3) is 4.73. The largest absolute Gasteiger partial charge is 0.426 e. The van der Waals surface area contributed by atoms with Gasteiger partial charge in [0, 0.05) is 0 Å². The zero-order chi connectivity index (χ0) is 20.9. The second kappa shape index (κ2) is 9.32. The van der Waals surface area contributed by atoms with E-state index in [4.69, 9.17) is 4.74 Å². The van der Waals surface area contributed by atoms with Gasteiger partial charge in [0.2, 0.25) is 0 Å². The first-order valence-electron chi connectivity index (χ1n) is 10.1. The zero-order valence-corrected chi connectivity index (χ0v) is 18.4. The molecule has 3 rings (SSSR count). The summed E-state index contributed by atoms with van der Waals surface area (Å²) in [6.45, 7) is 8.16. The Morgan fingerprint density at radius 2 is 1.28 bits per heavy atom. The van der Waals surface area contributed by atoms with Crippen LogP contribution in [-0.2, 0) is 15.7 Å². The van der Waals surface area contributed by atoms with Gasteiger partial charge in [0.25, 0.3) is 0 Å². The first-order valence-corrected chi connectivity index (χ1v) is 11.3. The van der Waals surface area contributed by atoms with Crippen molar-refractivity contribution in [1.29, 1.82) is 0 Å². The molecule has 0 aliphatic carbocycles. The van der Waals surface area contributed by atoms with Crippen molar-refractivity contribution in [2.24, 2.45) is 11.3 Å². The number of ether oxygens (including phenoxy) is 1. The average Bonchev–Trinajstić information content (AvgIpc) is 2.76. The third-order valence-corrected chi connectivity index (χ3v) is 7.93. The first kappa shape index (κ1) is 21.2. The summed E-state index contributed by atoms with van der Waals surface area (Å²) in [4.78, 5) is 16.5. The van der Waals surface area contributed by atoms with Crippen LogP contribution < -0.4 is 4.74 Å². The van der Waals surface area contributed by atoms with E-state index < -0.39 is 5.41 Å². The van der Waals surface area contributed by atoms with Crippen molar-refractivity contribution in [3.63, 3.8) is 0 Å². The summed E-state index contributed by atoms with van der Waals surface area (Å²) in [5.41, 5.74) is -0.475. The van der Waals surface area contributed by atoms with Crippen LogP contribution in [0.4, 0.5) is 0 Å². The highest BCUT2D eigenvalue weighted by Gasteiger charge is 2.37. The van der Waals surface area contributed by atoms with Crippen molar-refractivity contribution in [3.05, 3.63) is 84.9 Å². The highest BCUT2D eigenvalue weighted by atomic mass is 32.2. The smallest absolute Gasteiger partial charge is 0.317 e. The number of carbonyl (C=O) groups excluding carboxylic acids is 1. The third-order valence-electron chi connectivity index (χ3n) is 5.70. The van der Waals surface area contributed by atoms with E-state index in [0.717, 1.165) is 6.42 Å². The Balaban J connectivity index is 1.88. The molecule has 1 atom stereocenters. The Hall–Kier alpha value is -2.52. The lowest BCUT2D eigenvalue weighted by molar-refractivity contribution is -0.147. The van der Waals surface area contributed by atoms with Crippen molar-refractivity contribution in [2.75, 3.05) is 0 Å². The normalized spacial score (nSPS) is 13.3. The fourth-order valence-corrected chi connectivity index (χ4v) is 5.26. The number of esters is 1. The molecule has 1 unspecified atom stereocenters. The summed E-state index contributed by atoms with van der Waals surface area (Å²) in [7, 11) is -0.202. The second-order valence-corrected chi connectivity index (χ2v) is 9.75. The molecule has 0 radical (unpaired) electrons. The van der Waals surface area contributed by atoms with Crippen molar-refractivity contribution >= 4 is 16.9 Å². The fourth-order valence-electron chi connectivity index (χ4n) is 3.18. The molecule has 0 bridgehead atoms. The maximum atomic E-state index is 12.7. The molecule has 3 aromatic carbocycles. The number of rotatable bonds is 7. The van der Waals surface area contributed by atoms with Gasteiger partial charge < -0.3 is 4.74 Å². The van der Waals surface area contributed by atoms with E-state index in [1.807, 2.05) is 38.1 Å². The van der Waals surface area contributed by atoms with Gasteiger partial charge in [-0.1, -0.05) is 57.2 Å². The van der Waals surface area contributed by atoms with Crippen LogP contribution in [0.2, 0.25) is 0 Å². The number of carbonyl (C=O) groups is 1. The predicted molar refractivity (Wildman–Crippen MR) is 120 cm³/mol. The van der Waals surface area contributed by atoms with E-state index in [9.17, 15) is 4.79 Å². The van der Waals surface area contributed by atoms with Crippen molar-refractivity contribution < 1.29 is 9.53 Å². The highest BCUT2D eigenvalue weighted by molar-refractivity contribution is 7.97. The SMILES string of the molecule is CCC(C)(C(=O)Oc1ccc([S+](c2ccccc2)c2ccccc2)cc1)C(C)C. The van der Waals surface area contributed by atoms with Gasteiger partial charge in [-0.2, -0.15) is 0 Å². The van der Waals surface area contributed by atoms with Gasteiger partial charge in [0.15, 0.2) is 14.7 Å². The van der Waals surface area contributed by atoms with Crippen molar-refractivity contribution in [2.45, 2.75) is 48.8 Å². The maximum Gasteiger partial charge on any atom is 0.317 e. The standard InChI is InChI=1S/C26H29O2S/c1-5-26(4,20(2)3)25(27)28-21-16-18-24(19-17-21)29(22-12-8-6-9-13-22)23-14-10-7-11-15-23/h6-20H,5H2,1-4H3/q+1. The summed E-state index contributed by atoms with van der Waals surface area (Å²) in [5, 5.41) is 0. The molecule has 0 N–H and O–H groups in total. The summed E-state index contributed by atoms with van der Waals surface area (Å²) in [5.74, 6) is 0.665. The van der Waals surface area contributed by atoms with E-state index in [-0.39, 0.29) is 22.8 Å². The topological polar surface area (TPSA) is 26.3 Å². The van der Waals surface area contributed by atoms with Crippen LogP contribution in [0.3, 0.4) is 0 Å². The van der Waals surface area contributed by atoms with Crippen LogP contribution in [0, 0.1) is 11.3 Å². The van der Waals surface area contributed by atoms with E-state index >= 15 is 0 Å². The first-order chi connectivity index (χ1) is 14.0. The van der Waals surface area contributed by atoms with E-state index in [1.165, 1.54) is 14.7 Å². The molecule has 0 saturated carbocycles. The minimum atomic E-state index is -0.475. The van der Waals surface area contributed by atoms with E-state index in [2.05, 4.69) is 74.5 Å². The van der Waals surface area contributed by atoms with E-state index in [0.29, 0.717) is 5.75 Å². The Labute approximate surface area is 177 Å². The average molecular weight is 406 g/mol. The molecule has 0 aliphatic heterocycles. The van der Waals surface area contributed by atoms with Gasteiger partial charge in [0.05, 0.1) is 16.3 Å². The minimum Gasteiger partial charge on any atom is -0.426 e. The molecule has 150 valence electrons. The Kier molecular flexibility index (Phi) is 6.81. The Morgan fingerprint density at radius 3 is 1.69 bits per heavy atom. The monoisotopic (exact) mass is 405 g/mol. The van der Waals surface area contributed by atoms with Crippen LogP contribution >= 0.6 is 0 Å². The van der Waals surface area contributed by atoms with Crippen molar-refractivity contribution in [3.8, 4) is 5.75 Å². The molecule has 3 aromatic rings. The molecule has 29 heavy (non-hydrogen) atoms. The molecule has 2 nitrogen and oxygen atoms in total. The molecule has 0 heterocycles. The number of hydrogen-bond acceptors (Lipinski definition) is 2. The van der Waals surface area contributed by atoms with Crippen LogP contribution in [0.15, 0.2) is 99.6 Å². The summed E-state index contributed by atoms with van der Waals surface area (Å²) >= 11 is 0. The van der Waals surface area contributed by atoms with Crippen LogP contribution in [0.5, 0.6) is 5.75 Å². The van der Waals surface area contributed by atoms with Crippen LogP contribution in [0.1, 0.15) is 34.1 Å². The lowest BCUT2D eigenvalue weighted by Gasteiger charge is -2.29. The molecule has 0 aromatic heterocycles. The molecule has 0 fully saturated rings. The summed E-state index contributed by atoms with van der Waals surface area (Å²) in [6, 6.07) is 29.0. The van der Waals surface area contributed by atoms with Gasteiger partial charge in [-0.15, -0.1) is 0 Å². The highest BCUT2D eigenvalue weighted by Crippen LogP contribution is 2.34. The van der Waals surface area contributed by atoms with Crippen LogP contribution in [-0.4, -0.2) is 5.97 Å². The molecule has 3 heteroatoms. The number of hydrogen-bond donors (Lipinski definition) is 0. The molecular weight excluding hydrogens is 376 g/mol. The van der Waals surface area contributed by atoms with E-state index in [1.54, 1.807) is 0 Å². The fraction of sp³-hybridized carbons (Fsp3) is 0.269. The minimum absolute atomic E-state index is 0.159. The molecule has 0 saturated heterocycles. The van der Waals surface area contributed by atoms with Crippen molar-refractivity contribution in [1.82, 2.24) is 0 Å². The Bertz CT molecular complexity index is 880. The molecular formula is C26H29O2S+. The quantitative estimate of drug-likeness (QED) is 0.247. The second-order valence-electron chi connectivity index (χ2n) is 7.72. The number of benzene rings is 3. The molecule has 0 spiro atoms. The van der Waals surface area contributed by atoms with Gasteiger partial charge in [-0.05, 0) is 67.8 Å². The van der Waals surface area contributed by atoms with Gasteiger partial charge >= 0.3 is 5.97 Å². The summed E-state index contributed by atoms with van der Waals surface area (Å²) in [6.07, 6.45) is 0.757. The van der Waals surface area contributed by atoms with Gasteiger partial charge in [-0.3, -0.25) is 4.79 Å². The summed E-state index contributed by atoms with van der Waals surface area (Å²) < 4.78 is 5.74. The predicted octanol–water partition coefficient (Wildman–Crippen LogP) is 6.76. The van der Waals surface area contributed by atoms with Gasteiger partial charge in [0.1, 0.15) is 5.75 Å². The zero-order valence-electron chi connectivity index (χ0n) is 17.6. The molecule has 0 amide bonds. The lowest BCUT2D eigenvalue weighted by atomic mass is 9.77. The van der Waals surface area contributed by atoms with Crippen LogP contribution in [0.25, 0.3) is 0 Å². The molecule has 0 aliphatic rings. The Morgan fingerprint density at radius 1 is 0.828 bits per heavy atom. The lowest BCUT2D eigenvalue weighted by Crippen LogP contribution is -2.36. The maximum absolute atomic E-state index is 12.7. The van der Waals surface area contributed by atoms with Gasteiger partial charge in [-0.25, -0.2) is 0 Å².